The highest BCUT2D eigenvalue weighted by molar-refractivity contribution is 5.40. The fourth-order valence-electron chi connectivity index (χ4n) is 3.96. The van der Waals surface area contributed by atoms with Crippen molar-refractivity contribution in [2.24, 2.45) is 0 Å². The van der Waals surface area contributed by atoms with Crippen molar-refractivity contribution >= 4 is 0 Å². The van der Waals surface area contributed by atoms with E-state index in [-0.39, 0.29) is 21.7 Å². The third kappa shape index (κ3) is 11.9. The summed E-state index contributed by atoms with van der Waals surface area (Å²) in [6, 6.07) is 25.9. The van der Waals surface area contributed by atoms with Crippen LogP contribution >= 0.6 is 0 Å². The fourth-order valence-corrected chi connectivity index (χ4v) is 3.96. The highest BCUT2D eigenvalue weighted by Crippen LogP contribution is 2.34. The number of hydrogen-bond donors (Lipinski definition) is 0. The molecule has 0 bridgehead atoms. The van der Waals surface area contributed by atoms with E-state index in [2.05, 4.69) is 165 Å². The van der Waals surface area contributed by atoms with E-state index in [0.717, 1.165) is 5.75 Å². The molecule has 0 atom stereocenters. The summed E-state index contributed by atoms with van der Waals surface area (Å²) < 4.78 is 5.08. The Bertz CT molecular complexity index is 1070. The molecule has 0 aliphatic heterocycles. The van der Waals surface area contributed by atoms with Crippen LogP contribution in [-0.2, 0) is 27.1 Å². The van der Waals surface area contributed by atoms with Crippen molar-refractivity contribution in [3.05, 3.63) is 101 Å². The molecule has 0 fully saturated rings. The molecule has 0 unspecified atom stereocenters. The van der Waals surface area contributed by atoms with Gasteiger partial charge in [0.05, 0.1) is 7.11 Å². The smallest absolute Gasteiger partial charge is 0.118 e. The Balaban J connectivity index is 0.000000316. The summed E-state index contributed by atoms with van der Waals surface area (Å²) in [6.07, 6.45) is 0. The van der Waals surface area contributed by atoms with Crippen molar-refractivity contribution in [1.29, 1.82) is 0 Å². The van der Waals surface area contributed by atoms with Gasteiger partial charge < -0.3 is 4.74 Å². The molecule has 0 spiro atoms. The molecule has 1 nitrogen and oxygen atoms in total. The first kappa shape index (κ1) is 35.5. The lowest BCUT2D eigenvalue weighted by Gasteiger charge is -2.29. The Morgan fingerprint density at radius 2 is 0.625 bits per heavy atom. The van der Waals surface area contributed by atoms with Gasteiger partial charge in [0.25, 0.3) is 0 Å². The lowest BCUT2D eigenvalue weighted by molar-refractivity contribution is 0.414. The van der Waals surface area contributed by atoms with E-state index in [1.54, 1.807) is 7.11 Å². The molecule has 0 amide bonds. The Morgan fingerprint density at radius 1 is 0.350 bits per heavy atom. The van der Waals surface area contributed by atoms with Gasteiger partial charge in [-0.2, -0.15) is 0 Å². The highest BCUT2D eigenvalue weighted by Gasteiger charge is 2.24. The summed E-state index contributed by atoms with van der Waals surface area (Å²) in [5, 5.41) is 0. The second-order valence-corrected chi connectivity index (χ2v) is 16.1. The molecule has 0 saturated carbocycles. The molecule has 0 aliphatic carbocycles. The zero-order chi connectivity index (χ0) is 31.2. The third-order valence-corrected chi connectivity index (χ3v) is 7.13. The maximum Gasteiger partial charge on any atom is 0.118 e. The average Bonchev–Trinajstić information content (AvgIpc) is 2.82. The average molecular weight is 545 g/mol. The van der Waals surface area contributed by atoms with Gasteiger partial charge in [0, 0.05) is 0 Å². The van der Waals surface area contributed by atoms with Crippen molar-refractivity contribution in [2.45, 2.75) is 131 Å². The second kappa shape index (κ2) is 13.4. The lowest BCUT2D eigenvalue weighted by atomic mass is 9.76. The maximum absolute atomic E-state index is 5.08. The molecule has 3 aromatic carbocycles. The van der Waals surface area contributed by atoms with Gasteiger partial charge in [0.1, 0.15) is 5.75 Å². The SMILES string of the molecule is CC(C)(C)c1cc(C(C)(C)C)cc(C(C)(C)C)c1.CC(C)(C)c1ccccc1.COc1ccc(C(C)(C)C)cc1. The van der Waals surface area contributed by atoms with Crippen LogP contribution < -0.4 is 4.74 Å². The van der Waals surface area contributed by atoms with Crippen LogP contribution in [0.1, 0.15) is 132 Å². The Kier molecular flexibility index (Phi) is 11.9. The third-order valence-electron chi connectivity index (χ3n) is 7.13. The predicted molar refractivity (Wildman–Crippen MR) is 179 cm³/mol. The van der Waals surface area contributed by atoms with E-state index in [9.17, 15) is 0 Å². The normalized spacial score (nSPS) is 12.5. The number of ether oxygens (including phenoxy) is 1. The molecule has 0 saturated heterocycles. The van der Waals surface area contributed by atoms with E-state index in [0.29, 0.717) is 5.41 Å². The van der Waals surface area contributed by atoms with Crippen LogP contribution in [0.15, 0.2) is 72.8 Å². The molecular formula is C39H60O. The zero-order valence-corrected chi connectivity index (χ0v) is 28.8. The summed E-state index contributed by atoms with van der Waals surface area (Å²) >= 11 is 0. The Hall–Kier alpha value is -2.54. The van der Waals surface area contributed by atoms with Crippen molar-refractivity contribution in [3.63, 3.8) is 0 Å². The molecule has 3 aromatic rings. The van der Waals surface area contributed by atoms with E-state index >= 15 is 0 Å². The molecule has 0 N–H and O–H groups in total. The van der Waals surface area contributed by atoms with Crippen LogP contribution in [0.2, 0.25) is 0 Å². The van der Waals surface area contributed by atoms with Gasteiger partial charge in [0.2, 0.25) is 0 Å². The van der Waals surface area contributed by atoms with Crippen LogP contribution in [0.3, 0.4) is 0 Å². The van der Waals surface area contributed by atoms with Gasteiger partial charge >= 0.3 is 0 Å². The number of hydrogen-bond acceptors (Lipinski definition) is 1. The van der Waals surface area contributed by atoms with Crippen molar-refractivity contribution in [1.82, 2.24) is 0 Å². The van der Waals surface area contributed by atoms with Crippen LogP contribution in [0, 0.1) is 0 Å². The molecule has 0 aromatic heterocycles. The molecule has 0 radical (unpaired) electrons. The van der Waals surface area contributed by atoms with Crippen molar-refractivity contribution in [3.8, 4) is 5.75 Å². The number of benzene rings is 3. The molecule has 1 heteroatoms. The first-order chi connectivity index (χ1) is 18.0. The van der Waals surface area contributed by atoms with Crippen LogP contribution in [0.5, 0.6) is 5.75 Å². The minimum absolute atomic E-state index is 0.210. The van der Waals surface area contributed by atoms with Gasteiger partial charge in [-0.05, 0) is 67.0 Å². The topological polar surface area (TPSA) is 9.23 Å². The molecular weight excluding hydrogens is 484 g/mol. The minimum Gasteiger partial charge on any atom is -0.497 e. The fraction of sp³-hybridized carbons (Fsp3) is 0.538. The quantitative estimate of drug-likeness (QED) is 0.296. The van der Waals surface area contributed by atoms with Crippen LogP contribution in [-0.4, -0.2) is 7.11 Å². The lowest BCUT2D eigenvalue weighted by Crippen LogP contribution is -2.20. The summed E-state index contributed by atoms with van der Waals surface area (Å²) in [5.41, 5.74) is 8.22. The van der Waals surface area contributed by atoms with E-state index in [1.165, 1.54) is 27.8 Å². The summed E-state index contributed by atoms with van der Waals surface area (Å²) in [4.78, 5) is 0. The largest absolute Gasteiger partial charge is 0.497 e. The predicted octanol–water partition coefficient (Wildman–Crippen LogP) is 11.6. The van der Waals surface area contributed by atoms with Gasteiger partial charge in [-0.1, -0.05) is 165 Å². The molecule has 222 valence electrons. The van der Waals surface area contributed by atoms with Gasteiger partial charge in [-0.25, -0.2) is 0 Å². The summed E-state index contributed by atoms with van der Waals surface area (Å²) in [6.45, 7) is 33.9. The van der Waals surface area contributed by atoms with E-state index in [4.69, 9.17) is 4.74 Å². The number of rotatable bonds is 1. The monoisotopic (exact) mass is 544 g/mol. The zero-order valence-electron chi connectivity index (χ0n) is 28.8. The molecule has 0 aliphatic rings. The van der Waals surface area contributed by atoms with Crippen molar-refractivity contribution < 1.29 is 4.74 Å². The van der Waals surface area contributed by atoms with Gasteiger partial charge in [0.15, 0.2) is 0 Å². The first-order valence-electron chi connectivity index (χ1n) is 14.8. The summed E-state index contributed by atoms with van der Waals surface area (Å²) in [7, 11) is 1.69. The summed E-state index contributed by atoms with van der Waals surface area (Å²) in [5.74, 6) is 0.919. The molecule has 3 rings (SSSR count). The highest BCUT2D eigenvalue weighted by atomic mass is 16.5. The maximum atomic E-state index is 5.08. The Morgan fingerprint density at radius 3 is 0.850 bits per heavy atom. The van der Waals surface area contributed by atoms with Crippen LogP contribution in [0.25, 0.3) is 0 Å². The molecule has 0 heterocycles. The van der Waals surface area contributed by atoms with E-state index < -0.39 is 0 Å². The van der Waals surface area contributed by atoms with Gasteiger partial charge in [-0.3, -0.25) is 0 Å². The Labute approximate surface area is 248 Å². The molecule has 40 heavy (non-hydrogen) atoms. The first-order valence-corrected chi connectivity index (χ1v) is 14.8. The standard InChI is InChI=1S/C18H30.C11H16O.C10H14/c1-16(2,3)13-10-14(17(4,5)6)12-15(11-13)18(7,8)9;1-11(2,3)9-5-7-10(12-4)8-6-9;1-10(2,3)9-7-5-4-6-8-9/h10-12H,1-9H3;5-8H,1-4H3;4-8H,1-3H3. The number of methoxy groups -OCH3 is 1. The van der Waals surface area contributed by atoms with Crippen molar-refractivity contribution in [2.75, 3.05) is 7.11 Å². The minimum atomic E-state index is 0.210. The van der Waals surface area contributed by atoms with Gasteiger partial charge in [-0.15, -0.1) is 0 Å². The second-order valence-electron chi connectivity index (χ2n) is 16.1. The van der Waals surface area contributed by atoms with Crippen LogP contribution in [0.4, 0.5) is 0 Å². The van der Waals surface area contributed by atoms with E-state index in [1.807, 2.05) is 12.1 Å².